The van der Waals surface area contributed by atoms with Crippen molar-refractivity contribution in [2.75, 3.05) is 0 Å². The minimum absolute atomic E-state index is 0.00732. The summed E-state index contributed by atoms with van der Waals surface area (Å²) in [5, 5.41) is 4.16. The molecule has 1 aromatic heterocycles. The topological polar surface area (TPSA) is 54.4 Å². The van der Waals surface area contributed by atoms with Crippen molar-refractivity contribution < 1.29 is 4.79 Å². The predicted molar refractivity (Wildman–Crippen MR) is 81.9 cm³/mol. The Labute approximate surface area is 123 Å². The summed E-state index contributed by atoms with van der Waals surface area (Å²) in [6, 6.07) is 13.9. The molecule has 0 bridgehead atoms. The number of pyridine rings is 1. The molecule has 1 aromatic carbocycles. The van der Waals surface area contributed by atoms with Gasteiger partial charge in [0, 0.05) is 23.9 Å². The van der Waals surface area contributed by atoms with E-state index in [4.69, 9.17) is 0 Å². The highest BCUT2D eigenvalue weighted by Crippen LogP contribution is 2.47. The van der Waals surface area contributed by atoms with Gasteiger partial charge in [0.05, 0.1) is 5.71 Å². The van der Waals surface area contributed by atoms with Crippen LogP contribution in [0.1, 0.15) is 30.4 Å². The zero-order valence-corrected chi connectivity index (χ0v) is 11.9. The van der Waals surface area contributed by atoms with E-state index in [-0.39, 0.29) is 11.8 Å². The monoisotopic (exact) mass is 279 g/mol. The van der Waals surface area contributed by atoms with Gasteiger partial charge in [-0.1, -0.05) is 36.4 Å². The van der Waals surface area contributed by atoms with Gasteiger partial charge >= 0.3 is 0 Å². The molecule has 3 rings (SSSR count). The van der Waals surface area contributed by atoms with Crippen LogP contribution < -0.4 is 5.43 Å². The van der Waals surface area contributed by atoms with Crippen LogP contribution in [0.25, 0.3) is 0 Å². The lowest BCUT2D eigenvalue weighted by Crippen LogP contribution is -2.21. The number of nitrogens with zero attached hydrogens (tertiary/aromatic N) is 2. The van der Waals surface area contributed by atoms with Gasteiger partial charge in [-0.25, -0.2) is 5.43 Å². The second-order valence-electron chi connectivity index (χ2n) is 5.27. The van der Waals surface area contributed by atoms with Gasteiger partial charge in [0.15, 0.2) is 0 Å². The zero-order chi connectivity index (χ0) is 14.7. The number of hydrogen-bond donors (Lipinski definition) is 1. The molecule has 1 aliphatic rings. The molecule has 1 fully saturated rings. The van der Waals surface area contributed by atoms with E-state index >= 15 is 0 Å². The van der Waals surface area contributed by atoms with Gasteiger partial charge < -0.3 is 0 Å². The highest BCUT2D eigenvalue weighted by molar-refractivity contribution is 5.99. The van der Waals surface area contributed by atoms with Crippen molar-refractivity contribution in [1.29, 1.82) is 0 Å². The summed E-state index contributed by atoms with van der Waals surface area (Å²) in [7, 11) is 0. The van der Waals surface area contributed by atoms with Gasteiger partial charge in [-0.2, -0.15) is 5.10 Å². The number of hydrogen-bond acceptors (Lipinski definition) is 3. The van der Waals surface area contributed by atoms with Crippen molar-refractivity contribution in [3.8, 4) is 0 Å². The van der Waals surface area contributed by atoms with Gasteiger partial charge in [0.25, 0.3) is 0 Å². The molecule has 0 radical (unpaired) electrons. The Kier molecular flexibility index (Phi) is 3.77. The van der Waals surface area contributed by atoms with Gasteiger partial charge in [-0.05, 0) is 30.9 Å². The van der Waals surface area contributed by atoms with Crippen molar-refractivity contribution in [2.24, 2.45) is 11.0 Å². The third-order valence-electron chi connectivity index (χ3n) is 3.77. The molecular formula is C17H17N3O. The summed E-state index contributed by atoms with van der Waals surface area (Å²) in [6.07, 6.45) is 4.34. The summed E-state index contributed by atoms with van der Waals surface area (Å²) in [4.78, 5) is 16.1. The number of benzene rings is 1. The van der Waals surface area contributed by atoms with Crippen LogP contribution in [0, 0.1) is 5.92 Å². The Hall–Kier alpha value is -2.49. The van der Waals surface area contributed by atoms with E-state index in [1.165, 1.54) is 5.56 Å². The molecule has 2 aromatic rings. The first-order chi connectivity index (χ1) is 10.3. The Morgan fingerprint density at radius 2 is 2.05 bits per heavy atom. The molecular weight excluding hydrogens is 262 g/mol. The molecule has 4 heteroatoms. The Bertz CT molecular complexity index is 652. The first kappa shape index (κ1) is 13.5. The highest BCUT2D eigenvalue weighted by atomic mass is 16.2. The Morgan fingerprint density at radius 1 is 1.24 bits per heavy atom. The number of amides is 1. The molecule has 106 valence electrons. The molecule has 1 amide bonds. The second-order valence-corrected chi connectivity index (χ2v) is 5.27. The number of carbonyl (C=O) groups excluding carboxylic acids is 1. The maximum atomic E-state index is 12.1. The highest BCUT2D eigenvalue weighted by Gasteiger charge is 2.43. The molecule has 4 nitrogen and oxygen atoms in total. The minimum Gasteiger partial charge on any atom is -0.273 e. The molecule has 21 heavy (non-hydrogen) atoms. The van der Waals surface area contributed by atoms with E-state index < -0.39 is 0 Å². The van der Waals surface area contributed by atoms with Crippen LogP contribution in [0.2, 0.25) is 0 Å². The molecule has 1 N–H and O–H groups in total. The number of carbonyl (C=O) groups is 1. The number of nitrogens with one attached hydrogen (secondary N) is 1. The Balaban J connectivity index is 1.59. The van der Waals surface area contributed by atoms with E-state index in [9.17, 15) is 4.79 Å². The molecule has 0 unspecified atom stereocenters. The third kappa shape index (κ3) is 3.16. The lowest BCUT2D eigenvalue weighted by molar-refractivity contribution is -0.122. The summed E-state index contributed by atoms with van der Waals surface area (Å²) < 4.78 is 0. The van der Waals surface area contributed by atoms with Crippen molar-refractivity contribution in [1.82, 2.24) is 10.4 Å². The SMILES string of the molecule is C/C(=N/NC(=O)[C@@H]1C[C@H]1c1ccccc1)c1cccnc1. The first-order valence-electron chi connectivity index (χ1n) is 7.05. The van der Waals surface area contributed by atoms with Crippen LogP contribution >= 0.6 is 0 Å². The number of rotatable bonds is 4. The van der Waals surface area contributed by atoms with Crippen molar-refractivity contribution in [3.63, 3.8) is 0 Å². The van der Waals surface area contributed by atoms with Crippen molar-refractivity contribution in [3.05, 3.63) is 66.0 Å². The average Bonchev–Trinajstić information content (AvgIpc) is 3.35. The van der Waals surface area contributed by atoms with Gasteiger partial charge in [-0.3, -0.25) is 9.78 Å². The maximum absolute atomic E-state index is 12.1. The smallest absolute Gasteiger partial charge is 0.243 e. The lowest BCUT2D eigenvalue weighted by atomic mass is 10.1. The molecule has 1 saturated carbocycles. The van der Waals surface area contributed by atoms with Gasteiger partial charge in [-0.15, -0.1) is 0 Å². The van der Waals surface area contributed by atoms with Crippen LogP contribution in [-0.2, 0) is 4.79 Å². The van der Waals surface area contributed by atoms with Crippen molar-refractivity contribution >= 4 is 11.6 Å². The molecule has 1 aliphatic carbocycles. The number of hydrazone groups is 1. The molecule has 0 spiro atoms. The number of aromatic nitrogens is 1. The van der Waals surface area contributed by atoms with Crippen LogP contribution in [0.3, 0.4) is 0 Å². The van der Waals surface area contributed by atoms with Gasteiger partial charge in [0.2, 0.25) is 5.91 Å². The van der Waals surface area contributed by atoms with Crippen LogP contribution in [-0.4, -0.2) is 16.6 Å². The van der Waals surface area contributed by atoms with E-state index in [0.717, 1.165) is 17.7 Å². The van der Waals surface area contributed by atoms with Crippen LogP contribution in [0.5, 0.6) is 0 Å². The average molecular weight is 279 g/mol. The fourth-order valence-electron chi connectivity index (χ4n) is 2.42. The first-order valence-corrected chi connectivity index (χ1v) is 7.05. The summed E-state index contributed by atoms with van der Waals surface area (Å²) in [5.74, 6) is 0.366. The lowest BCUT2D eigenvalue weighted by Gasteiger charge is -2.02. The van der Waals surface area contributed by atoms with Crippen molar-refractivity contribution in [2.45, 2.75) is 19.3 Å². The van der Waals surface area contributed by atoms with Gasteiger partial charge in [0.1, 0.15) is 0 Å². The molecule has 2 atom stereocenters. The second kappa shape index (κ2) is 5.87. The summed E-state index contributed by atoms with van der Waals surface area (Å²) >= 11 is 0. The quantitative estimate of drug-likeness (QED) is 0.691. The maximum Gasteiger partial charge on any atom is 0.243 e. The molecule has 0 saturated heterocycles. The third-order valence-corrected chi connectivity index (χ3v) is 3.77. The van der Waals surface area contributed by atoms with E-state index in [1.54, 1.807) is 12.4 Å². The van der Waals surface area contributed by atoms with E-state index in [2.05, 4.69) is 27.6 Å². The van der Waals surface area contributed by atoms with Crippen LogP contribution in [0.4, 0.5) is 0 Å². The predicted octanol–water partition coefficient (Wildman–Crippen LogP) is 2.73. The van der Waals surface area contributed by atoms with E-state index in [1.807, 2.05) is 37.3 Å². The standard InChI is InChI=1S/C17H17N3O/c1-12(14-8-5-9-18-11-14)19-20-17(21)16-10-15(16)13-6-3-2-4-7-13/h2-9,11,15-16H,10H2,1H3,(H,20,21)/b19-12-/t15-,16+/m0/s1. The largest absolute Gasteiger partial charge is 0.273 e. The zero-order valence-electron chi connectivity index (χ0n) is 11.9. The Morgan fingerprint density at radius 3 is 2.76 bits per heavy atom. The normalized spacial score (nSPS) is 20.9. The minimum atomic E-state index is -0.00732. The summed E-state index contributed by atoms with van der Waals surface area (Å²) in [6.45, 7) is 1.86. The summed E-state index contributed by atoms with van der Waals surface area (Å²) in [5.41, 5.74) is 5.56. The van der Waals surface area contributed by atoms with Crippen LogP contribution in [0.15, 0.2) is 60.0 Å². The molecule has 0 aliphatic heterocycles. The molecule has 1 heterocycles. The van der Waals surface area contributed by atoms with E-state index in [0.29, 0.717) is 5.92 Å². The fourth-order valence-corrected chi connectivity index (χ4v) is 2.42. The fraction of sp³-hybridized carbons (Fsp3) is 0.235.